The number of Topliss-reactive ketones (excluding diaryl/α,β-unsaturated/α-hetero) is 1. The molecule has 0 saturated carbocycles. The average Bonchev–Trinajstić information content (AvgIpc) is 3.07. The van der Waals surface area contributed by atoms with E-state index in [2.05, 4.69) is 11.1 Å². The van der Waals surface area contributed by atoms with Crippen LogP contribution in [0.15, 0.2) is 41.0 Å². The van der Waals surface area contributed by atoms with E-state index >= 15 is 0 Å². The van der Waals surface area contributed by atoms with Gasteiger partial charge in [0.05, 0.1) is 19.6 Å². The van der Waals surface area contributed by atoms with Gasteiger partial charge in [-0.1, -0.05) is 6.07 Å². The first-order valence-electron chi connectivity index (χ1n) is 10.5. The minimum Gasteiger partial charge on any atom is -0.496 e. The number of carbonyl (C=O) groups excluding carboxylic acids is 1. The maximum absolute atomic E-state index is 12.8. The topological polar surface area (TPSA) is 146 Å². The van der Waals surface area contributed by atoms with E-state index in [1.807, 2.05) is 6.07 Å². The van der Waals surface area contributed by atoms with Gasteiger partial charge in [0.2, 0.25) is 11.7 Å². The summed E-state index contributed by atoms with van der Waals surface area (Å²) >= 11 is 0. The summed E-state index contributed by atoms with van der Waals surface area (Å²) in [5, 5.41) is 21.1. The highest BCUT2D eigenvalue weighted by atomic mass is 16.6. The van der Waals surface area contributed by atoms with Crippen molar-refractivity contribution in [3.05, 3.63) is 73.7 Å². The maximum atomic E-state index is 12.8. The van der Waals surface area contributed by atoms with E-state index in [0.29, 0.717) is 53.4 Å². The van der Waals surface area contributed by atoms with Crippen LogP contribution < -0.4 is 10.5 Å². The summed E-state index contributed by atoms with van der Waals surface area (Å²) < 4.78 is 12.9. The number of nitrogens with two attached hydrogens (primary N) is 1. The lowest BCUT2D eigenvalue weighted by molar-refractivity contribution is -0.390. The summed E-state index contributed by atoms with van der Waals surface area (Å²) in [6.07, 6.45) is 1.64. The van der Waals surface area contributed by atoms with Gasteiger partial charge in [-0.25, -0.2) is 0 Å². The first-order valence-corrected chi connectivity index (χ1v) is 10.5. The van der Waals surface area contributed by atoms with Crippen LogP contribution >= 0.6 is 0 Å². The number of ether oxygens (including phenoxy) is 2. The fraction of sp³-hybridized carbons (Fsp3) is 0.348. The van der Waals surface area contributed by atoms with Gasteiger partial charge in [0.1, 0.15) is 28.8 Å². The number of carbonyl (C=O) groups is 1. The average molecular weight is 449 g/mol. The molecule has 2 aromatic rings. The van der Waals surface area contributed by atoms with Gasteiger partial charge in [-0.3, -0.25) is 4.79 Å². The second-order valence-corrected chi connectivity index (χ2v) is 8.02. The number of hydrogen-bond acceptors (Lipinski definition) is 8. The quantitative estimate of drug-likeness (QED) is 0.540. The summed E-state index contributed by atoms with van der Waals surface area (Å²) in [6, 6.07) is 7.51. The zero-order chi connectivity index (χ0) is 23.9. The lowest BCUT2D eigenvalue weighted by atomic mass is 9.77. The fourth-order valence-electron chi connectivity index (χ4n) is 4.53. The standard InChI is InChI=1S/C23H23N5O5/c1-12-23(28(30)31)26-13(2)27(12)11-15-9-14(7-8-18(15)32-3)20-16(10-24)22(25)33-19-6-4-5-17(29)21(19)20/h7-9,20H,4-6,11,25H2,1-3H3. The minimum atomic E-state index is -0.643. The molecule has 4 rings (SSSR count). The molecule has 0 fully saturated rings. The number of imidazole rings is 1. The number of benzene rings is 1. The highest BCUT2D eigenvalue weighted by Gasteiger charge is 2.38. The number of methoxy groups -OCH3 is 1. The van der Waals surface area contributed by atoms with Gasteiger partial charge < -0.3 is 29.9 Å². The number of aromatic nitrogens is 2. The molecular formula is C23H23N5O5. The van der Waals surface area contributed by atoms with E-state index in [1.54, 1.807) is 30.5 Å². The Morgan fingerprint density at radius 1 is 1.39 bits per heavy atom. The molecule has 1 aromatic heterocycles. The fourth-order valence-corrected chi connectivity index (χ4v) is 4.53. The molecule has 1 aliphatic heterocycles. The van der Waals surface area contributed by atoms with E-state index in [0.717, 1.165) is 5.56 Å². The Morgan fingerprint density at radius 2 is 2.15 bits per heavy atom. The third-order valence-corrected chi connectivity index (χ3v) is 6.13. The summed E-state index contributed by atoms with van der Waals surface area (Å²) in [5.41, 5.74) is 8.54. The summed E-state index contributed by atoms with van der Waals surface area (Å²) in [6.45, 7) is 3.60. The van der Waals surface area contributed by atoms with Crippen LogP contribution in [0.2, 0.25) is 0 Å². The Balaban J connectivity index is 1.83. The van der Waals surface area contributed by atoms with Crippen molar-refractivity contribution in [2.45, 2.75) is 45.6 Å². The van der Waals surface area contributed by atoms with Crippen molar-refractivity contribution in [1.82, 2.24) is 9.55 Å². The van der Waals surface area contributed by atoms with E-state index in [4.69, 9.17) is 15.2 Å². The van der Waals surface area contributed by atoms with E-state index in [9.17, 15) is 20.2 Å². The normalized spacial score (nSPS) is 18.0. The Kier molecular flexibility index (Phi) is 5.64. The molecule has 0 amide bonds. The van der Waals surface area contributed by atoms with Gasteiger partial charge >= 0.3 is 5.82 Å². The monoisotopic (exact) mass is 449 g/mol. The maximum Gasteiger partial charge on any atom is 0.384 e. The molecule has 10 nitrogen and oxygen atoms in total. The van der Waals surface area contributed by atoms with Gasteiger partial charge in [0.25, 0.3) is 0 Å². The van der Waals surface area contributed by atoms with Crippen molar-refractivity contribution in [3.63, 3.8) is 0 Å². The van der Waals surface area contributed by atoms with Gasteiger partial charge in [-0.05, 0) is 40.9 Å². The highest BCUT2D eigenvalue weighted by molar-refractivity contribution is 5.99. The molecule has 10 heteroatoms. The number of hydrogen-bond donors (Lipinski definition) is 1. The molecule has 0 spiro atoms. The van der Waals surface area contributed by atoms with Gasteiger partial charge in [-0.2, -0.15) is 5.26 Å². The third kappa shape index (κ3) is 3.71. The zero-order valence-corrected chi connectivity index (χ0v) is 18.5. The number of rotatable bonds is 5. The molecule has 170 valence electrons. The molecule has 1 aliphatic carbocycles. The minimum absolute atomic E-state index is 0.00485. The Morgan fingerprint density at radius 3 is 2.79 bits per heavy atom. The number of nitrogens with zero attached hydrogens (tertiary/aromatic N) is 4. The molecule has 1 unspecified atom stereocenters. The van der Waals surface area contributed by atoms with Crippen molar-refractivity contribution in [2.24, 2.45) is 5.73 Å². The van der Waals surface area contributed by atoms with Crippen LogP contribution in [0.4, 0.5) is 5.82 Å². The summed E-state index contributed by atoms with van der Waals surface area (Å²) in [7, 11) is 1.53. The van der Waals surface area contributed by atoms with E-state index < -0.39 is 10.8 Å². The lowest BCUT2D eigenvalue weighted by Crippen LogP contribution is -2.27. The van der Waals surface area contributed by atoms with Crippen LogP contribution in [0.5, 0.6) is 5.75 Å². The zero-order valence-electron chi connectivity index (χ0n) is 18.5. The van der Waals surface area contributed by atoms with Crippen LogP contribution in [0.25, 0.3) is 0 Å². The van der Waals surface area contributed by atoms with E-state index in [1.165, 1.54) is 7.11 Å². The van der Waals surface area contributed by atoms with Gasteiger partial charge in [-0.15, -0.1) is 0 Å². The first kappa shape index (κ1) is 22.1. The second-order valence-electron chi connectivity index (χ2n) is 8.02. The van der Waals surface area contributed by atoms with Crippen molar-refractivity contribution in [2.75, 3.05) is 7.11 Å². The lowest BCUT2D eigenvalue weighted by Gasteiger charge is -2.31. The third-order valence-electron chi connectivity index (χ3n) is 6.13. The molecule has 1 atom stereocenters. The van der Waals surface area contributed by atoms with Crippen LogP contribution in [-0.2, 0) is 16.1 Å². The van der Waals surface area contributed by atoms with Crippen molar-refractivity contribution in [3.8, 4) is 11.8 Å². The smallest absolute Gasteiger partial charge is 0.384 e. The predicted octanol–water partition coefficient (Wildman–Crippen LogP) is 3.28. The molecule has 2 N–H and O–H groups in total. The van der Waals surface area contributed by atoms with Crippen molar-refractivity contribution >= 4 is 11.6 Å². The Labute approximate surface area is 190 Å². The molecule has 1 aromatic carbocycles. The molecular weight excluding hydrogens is 426 g/mol. The molecule has 33 heavy (non-hydrogen) atoms. The van der Waals surface area contributed by atoms with Crippen LogP contribution in [-0.4, -0.2) is 27.4 Å². The number of ketones is 1. The van der Waals surface area contributed by atoms with E-state index in [-0.39, 0.29) is 29.6 Å². The number of nitro groups is 1. The Bertz CT molecular complexity index is 1280. The summed E-state index contributed by atoms with van der Waals surface area (Å²) in [4.78, 5) is 27.7. The highest BCUT2D eigenvalue weighted by Crippen LogP contribution is 2.44. The van der Waals surface area contributed by atoms with Crippen molar-refractivity contribution in [1.29, 1.82) is 5.26 Å². The molecule has 0 saturated heterocycles. The largest absolute Gasteiger partial charge is 0.496 e. The SMILES string of the molecule is COc1ccc(C2C(C#N)=C(N)OC3=C2C(=O)CCC3)cc1Cn1c(C)nc([N+](=O)[O-])c1C. The molecule has 0 radical (unpaired) electrons. The number of allylic oxidation sites excluding steroid dienone is 3. The van der Waals surface area contributed by atoms with Crippen LogP contribution in [0, 0.1) is 35.3 Å². The van der Waals surface area contributed by atoms with Crippen LogP contribution in [0.3, 0.4) is 0 Å². The van der Waals surface area contributed by atoms with Gasteiger partial charge in [0.15, 0.2) is 5.78 Å². The van der Waals surface area contributed by atoms with Gasteiger partial charge in [0, 0.05) is 30.9 Å². The predicted molar refractivity (Wildman–Crippen MR) is 117 cm³/mol. The number of aryl methyl sites for hydroxylation is 1. The molecule has 2 aliphatic rings. The number of nitriles is 1. The Hall–Kier alpha value is -4.13. The second kappa shape index (κ2) is 8.43. The summed E-state index contributed by atoms with van der Waals surface area (Å²) in [5.74, 6) is 0.684. The van der Waals surface area contributed by atoms with Crippen LogP contribution in [0.1, 0.15) is 47.8 Å². The molecule has 2 heterocycles. The van der Waals surface area contributed by atoms with Crippen molar-refractivity contribution < 1.29 is 19.2 Å². The first-order chi connectivity index (χ1) is 15.8. The molecule has 0 bridgehead atoms.